The summed E-state index contributed by atoms with van der Waals surface area (Å²) in [6, 6.07) is 0.875. The summed E-state index contributed by atoms with van der Waals surface area (Å²) in [5, 5.41) is 23.1. The van der Waals surface area contributed by atoms with Crippen molar-refractivity contribution in [1.29, 1.82) is 0 Å². The molecule has 0 saturated heterocycles. The van der Waals surface area contributed by atoms with Crippen LogP contribution in [-0.4, -0.2) is 27.3 Å². The molecule has 0 bridgehead atoms. The molecule has 9 heteroatoms. The Morgan fingerprint density at radius 2 is 2.12 bits per heavy atom. The molecule has 0 radical (unpaired) electrons. The quantitative estimate of drug-likeness (QED) is 0.790. The van der Waals surface area contributed by atoms with E-state index >= 15 is 0 Å². The van der Waals surface area contributed by atoms with Crippen LogP contribution in [0.1, 0.15) is 10.4 Å². The fourth-order valence-corrected chi connectivity index (χ4v) is 2.25. The Labute approximate surface area is 103 Å². The number of carboxylic acid groups (broad SMARTS) is 1. The van der Waals surface area contributed by atoms with Crippen LogP contribution in [0.4, 0.5) is 14.9 Å². The molecule has 0 saturated carbocycles. The predicted molar refractivity (Wildman–Crippen MR) is 63.8 cm³/mol. The Balaban J connectivity index is 2.03. The molecule has 0 aliphatic carbocycles. The zero-order valence-electron chi connectivity index (χ0n) is 8.21. The number of hydrogen-bond donors (Lipinski definition) is 3. The lowest BCUT2D eigenvalue weighted by Gasteiger charge is -2.03. The number of anilines is 2. The van der Waals surface area contributed by atoms with Gasteiger partial charge in [-0.15, -0.1) is 21.5 Å². The predicted octanol–water partition coefficient (Wildman–Crippen LogP) is 1.94. The van der Waals surface area contributed by atoms with Gasteiger partial charge in [0.05, 0.1) is 5.56 Å². The van der Waals surface area contributed by atoms with Gasteiger partial charge in [-0.1, -0.05) is 11.3 Å². The first kappa shape index (κ1) is 11.5. The molecule has 7 nitrogen and oxygen atoms in total. The average molecular weight is 270 g/mol. The molecule has 2 rings (SSSR count). The Morgan fingerprint density at radius 3 is 2.76 bits per heavy atom. The molecule has 0 atom stereocenters. The molecule has 0 spiro atoms. The SMILES string of the molecule is O=C(Nc1nncs1)Nc1sccc1C(=O)O. The molecular formula is C8H6N4O3S2. The van der Waals surface area contributed by atoms with E-state index in [1.54, 1.807) is 5.38 Å². The first-order valence-corrected chi connectivity index (χ1v) is 6.07. The van der Waals surface area contributed by atoms with Gasteiger partial charge < -0.3 is 5.11 Å². The van der Waals surface area contributed by atoms with Crippen molar-refractivity contribution in [2.24, 2.45) is 0 Å². The highest BCUT2D eigenvalue weighted by Crippen LogP contribution is 2.23. The van der Waals surface area contributed by atoms with Crippen molar-refractivity contribution in [2.45, 2.75) is 0 Å². The monoisotopic (exact) mass is 270 g/mol. The average Bonchev–Trinajstić information content (AvgIpc) is 2.88. The summed E-state index contributed by atoms with van der Waals surface area (Å²) in [5.41, 5.74) is 1.53. The van der Waals surface area contributed by atoms with E-state index in [-0.39, 0.29) is 10.6 Å². The maximum Gasteiger partial charge on any atom is 0.338 e. The Kier molecular flexibility index (Phi) is 3.30. The van der Waals surface area contributed by atoms with Crippen molar-refractivity contribution in [3.05, 3.63) is 22.5 Å². The number of amides is 2. The summed E-state index contributed by atoms with van der Waals surface area (Å²) in [4.78, 5) is 22.3. The summed E-state index contributed by atoms with van der Waals surface area (Å²) < 4.78 is 0. The smallest absolute Gasteiger partial charge is 0.338 e. The third-order valence-electron chi connectivity index (χ3n) is 1.70. The van der Waals surface area contributed by atoms with Crippen LogP contribution in [0.15, 0.2) is 17.0 Å². The lowest BCUT2D eigenvalue weighted by Crippen LogP contribution is -2.19. The van der Waals surface area contributed by atoms with Gasteiger partial charge >= 0.3 is 12.0 Å². The molecule has 0 aromatic carbocycles. The molecule has 2 aromatic heterocycles. The van der Waals surface area contributed by atoms with E-state index in [0.29, 0.717) is 5.13 Å². The van der Waals surface area contributed by atoms with E-state index < -0.39 is 12.0 Å². The zero-order chi connectivity index (χ0) is 12.3. The van der Waals surface area contributed by atoms with Crippen LogP contribution in [0.2, 0.25) is 0 Å². The first-order valence-electron chi connectivity index (χ1n) is 4.32. The van der Waals surface area contributed by atoms with E-state index in [1.807, 2.05) is 0 Å². The summed E-state index contributed by atoms with van der Waals surface area (Å²) in [5.74, 6) is -1.09. The second-order valence-electron chi connectivity index (χ2n) is 2.79. The number of thiophene rings is 1. The fraction of sp³-hybridized carbons (Fsp3) is 0. The normalized spacial score (nSPS) is 9.88. The van der Waals surface area contributed by atoms with Crippen molar-refractivity contribution in [1.82, 2.24) is 10.2 Å². The molecule has 0 fully saturated rings. The van der Waals surface area contributed by atoms with Crippen molar-refractivity contribution in [3.63, 3.8) is 0 Å². The topological polar surface area (TPSA) is 104 Å². The van der Waals surface area contributed by atoms with Crippen LogP contribution in [0.5, 0.6) is 0 Å². The standard InChI is InChI=1S/C8H6N4O3S2/c13-6(14)4-1-2-16-5(4)10-7(15)11-8-12-9-3-17-8/h1-3H,(H,13,14)(H2,10,11,12,15). The number of aromatic nitrogens is 2. The highest BCUT2D eigenvalue weighted by atomic mass is 32.1. The van der Waals surface area contributed by atoms with Crippen LogP contribution >= 0.6 is 22.7 Å². The van der Waals surface area contributed by atoms with Gasteiger partial charge in [-0.25, -0.2) is 9.59 Å². The Bertz CT molecular complexity index is 537. The molecule has 2 aromatic rings. The minimum atomic E-state index is -1.09. The van der Waals surface area contributed by atoms with Gasteiger partial charge in [0.1, 0.15) is 10.5 Å². The number of carbonyl (C=O) groups is 2. The number of carboxylic acids is 1. The van der Waals surface area contributed by atoms with Crippen LogP contribution < -0.4 is 10.6 Å². The summed E-state index contributed by atoms with van der Waals surface area (Å²) in [7, 11) is 0. The molecular weight excluding hydrogens is 264 g/mol. The third-order valence-corrected chi connectivity index (χ3v) is 3.14. The van der Waals surface area contributed by atoms with E-state index in [9.17, 15) is 9.59 Å². The molecule has 0 aliphatic rings. The van der Waals surface area contributed by atoms with Crippen LogP contribution in [0.25, 0.3) is 0 Å². The van der Waals surface area contributed by atoms with Crippen molar-refractivity contribution in [2.75, 3.05) is 10.6 Å². The van der Waals surface area contributed by atoms with Crippen molar-refractivity contribution >= 4 is 44.8 Å². The van der Waals surface area contributed by atoms with E-state index in [2.05, 4.69) is 20.8 Å². The van der Waals surface area contributed by atoms with Gasteiger partial charge in [0.15, 0.2) is 0 Å². The number of aromatic carboxylic acids is 1. The number of nitrogens with zero attached hydrogens (tertiary/aromatic N) is 2. The number of hydrogen-bond acceptors (Lipinski definition) is 6. The molecule has 88 valence electrons. The van der Waals surface area contributed by atoms with Gasteiger partial charge in [0.25, 0.3) is 0 Å². The summed E-state index contributed by atoms with van der Waals surface area (Å²) in [6.45, 7) is 0. The van der Waals surface area contributed by atoms with Gasteiger partial charge in [-0.05, 0) is 11.4 Å². The maximum absolute atomic E-state index is 11.5. The molecule has 0 unspecified atom stereocenters. The van der Waals surface area contributed by atoms with Crippen LogP contribution in [0, 0.1) is 0 Å². The van der Waals surface area contributed by atoms with Crippen molar-refractivity contribution in [3.8, 4) is 0 Å². The summed E-state index contributed by atoms with van der Waals surface area (Å²) >= 11 is 2.30. The second kappa shape index (κ2) is 4.89. The summed E-state index contributed by atoms with van der Waals surface area (Å²) in [6.07, 6.45) is 0. The lowest BCUT2D eigenvalue weighted by atomic mass is 10.3. The molecule has 17 heavy (non-hydrogen) atoms. The minimum absolute atomic E-state index is 0.0578. The molecule has 3 N–H and O–H groups in total. The van der Waals surface area contributed by atoms with Gasteiger partial charge in [-0.2, -0.15) is 0 Å². The number of rotatable bonds is 3. The number of urea groups is 1. The fourth-order valence-electron chi connectivity index (χ4n) is 1.03. The second-order valence-corrected chi connectivity index (χ2v) is 4.54. The largest absolute Gasteiger partial charge is 0.478 e. The number of carbonyl (C=O) groups excluding carboxylic acids is 1. The Hall–Kier alpha value is -2.00. The molecule has 2 heterocycles. The highest BCUT2D eigenvalue weighted by Gasteiger charge is 2.14. The Morgan fingerprint density at radius 1 is 1.29 bits per heavy atom. The van der Waals surface area contributed by atoms with E-state index in [1.165, 1.54) is 22.9 Å². The molecule has 2 amide bonds. The maximum atomic E-state index is 11.5. The van der Waals surface area contributed by atoms with Gasteiger partial charge in [-0.3, -0.25) is 10.6 Å². The lowest BCUT2D eigenvalue weighted by molar-refractivity contribution is 0.0698. The molecule has 0 aliphatic heterocycles. The number of nitrogens with one attached hydrogen (secondary N) is 2. The first-order chi connectivity index (χ1) is 8.16. The highest BCUT2D eigenvalue weighted by molar-refractivity contribution is 7.15. The van der Waals surface area contributed by atoms with E-state index in [4.69, 9.17) is 5.11 Å². The van der Waals surface area contributed by atoms with Crippen LogP contribution in [-0.2, 0) is 0 Å². The van der Waals surface area contributed by atoms with Crippen molar-refractivity contribution < 1.29 is 14.7 Å². The van der Waals surface area contributed by atoms with Crippen LogP contribution in [0.3, 0.4) is 0 Å². The third kappa shape index (κ3) is 2.77. The zero-order valence-corrected chi connectivity index (χ0v) is 9.84. The minimum Gasteiger partial charge on any atom is -0.478 e. The van der Waals surface area contributed by atoms with Gasteiger partial charge in [0.2, 0.25) is 5.13 Å². The van der Waals surface area contributed by atoms with E-state index in [0.717, 1.165) is 11.3 Å². The van der Waals surface area contributed by atoms with Gasteiger partial charge in [0, 0.05) is 0 Å².